The number of nitrogens with one attached hydrogen (secondary N) is 2. The van der Waals surface area contributed by atoms with Crippen molar-refractivity contribution in [1.29, 1.82) is 0 Å². The van der Waals surface area contributed by atoms with Crippen molar-refractivity contribution in [2.45, 2.75) is 17.8 Å². The third kappa shape index (κ3) is 4.84. The Morgan fingerprint density at radius 3 is 2.31 bits per heavy atom. The van der Waals surface area contributed by atoms with E-state index in [4.69, 9.17) is 0 Å². The third-order valence-electron chi connectivity index (χ3n) is 5.64. The topological polar surface area (TPSA) is 107 Å². The first kappa shape index (κ1) is 23.3. The minimum Gasteiger partial charge on any atom is -0.312 e. The fourth-order valence-electron chi connectivity index (χ4n) is 3.81. The quantitative estimate of drug-likeness (QED) is 0.273. The van der Waals surface area contributed by atoms with Gasteiger partial charge in [0.05, 0.1) is 11.0 Å². The highest BCUT2D eigenvalue weighted by Crippen LogP contribution is 2.22. The first-order chi connectivity index (χ1) is 17.5. The summed E-state index contributed by atoms with van der Waals surface area (Å²) in [5.41, 5.74) is 9.45. The number of imidazole rings is 1. The van der Waals surface area contributed by atoms with E-state index >= 15 is 0 Å². The molecule has 9 nitrogen and oxygen atoms in total. The van der Waals surface area contributed by atoms with Crippen LogP contribution in [0.15, 0.2) is 84.3 Å². The van der Waals surface area contributed by atoms with Crippen LogP contribution in [0.5, 0.6) is 0 Å². The van der Waals surface area contributed by atoms with Crippen molar-refractivity contribution in [2.75, 3.05) is 0 Å². The Hall–Kier alpha value is -4.44. The fraction of sp³-hybridized carbons (Fsp3) is 0.115. The van der Waals surface area contributed by atoms with Crippen LogP contribution >= 0.6 is 11.8 Å². The second-order valence-electron chi connectivity index (χ2n) is 8.15. The molecule has 0 bridgehead atoms. The summed E-state index contributed by atoms with van der Waals surface area (Å²) in [4.78, 5) is 29.8. The molecule has 0 radical (unpaired) electrons. The van der Waals surface area contributed by atoms with Gasteiger partial charge in [0.1, 0.15) is 12.2 Å². The summed E-state index contributed by atoms with van der Waals surface area (Å²) in [6, 6.07) is 22.4. The molecule has 0 saturated carbocycles. The maximum atomic E-state index is 12.7. The molecule has 2 heterocycles. The van der Waals surface area contributed by atoms with E-state index in [9.17, 15) is 9.59 Å². The summed E-state index contributed by atoms with van der Waals surface area (Å²) in [6.45, 7) is 1.92. The van der Waals surface area contributed by atoms with Gasteiger partial charge in [0.15, 0.2) is 5.16 Å². The molecule has 0 fully saturated rings. The van der Waals surface area contributed by atoms with E-state index in [2.05, 4.69) is 26.0 Å². The van der Waals surface area contributed by atoms with Crippen molar-refractivity contribution in [3.8, 4) is 5.69 Å². The van der Waals surface area contributed by atoms with E-state index in [1.165, 1.54) is 0 Å². The maximum Gasteiger partial charge on any atom is 0.269 e. The Morgan fingerprint density at radius 1 is 0.917 bits per heavy atom. The van der Waals surface area contributed by atoms with E-state index in [0.717, 1.165) is 27.7 Å². The molecule has 0 atom stereocenters. The normalized spacial score (nSPS) is 10.9. The van der Waals surface area contributed by atoms with Crippen molar-refractivity contribution >= 4 is 34.6 Å². The molecule has 0 saturated heterocycles. The summed E-state index contributed by atoms with van der Waals surface area (Å²) in [7, 11) is 1.89. The monoisotopic (exact) mass is 497 g/mol. The van der Waals surface area contributed by atoms with Crippen LogP contribution in [0.1, 0.15) is 32.1 Å². The Morgan fingerprint density at radius 2 is 1.61 bits per heavy atom. The zero-order chi connectivity index (χ0) is 25.1. The molecule has 2 amide bonds. The van der Waals surface area contributed by atoms with Crippen molar-refractivity contribution in [2.24, 2.45) is 7.05 Å². The molecule has 0 aliphatic heterocycles. The van der Waals surface area contributed by atoms with Gasteiger partial charge in [-0.25, -0.2) is 4.98 Å². The number of fused-ring (bicyclic) bond motifs is 1. The van der Waals surface area contributed by atoms with Gasteiger partial charge < -0.3 is 4.57 Å². The Balaban J connectivity index is 1.21. The Labute approximate surface area is 211 Å². The van der Waals surface area contributed by atoms with Gasteiger partial charge in [-0.3, -0.25) is 25.0 Å². The van der Waals surface area contributed by atoms with Crippen molar-refractivity contribution in [3.63, 3.8) is 0 Å². The predicted molar refractivity (Wildman–Crippen MR) is 138 cm³/mol. The smallest absolute Gasteiger partial charge is 0.269 e. The summed E-state index contributed by atoms with van der Waals surface area (Å²) < 4.78 is 3.89. The summed E-state index contributed by atoms with van der Waals surface area (Å²) in [6.07, 6.45) is 1.65. The number of nitrogens with zero attached hydrogens (tertiary/aromatic N) is 5. The Bertz CT molecular complexity index is 1540. The van der Waals surface area contributed by atoms with E-state index in [1.807, 2.05) is 71.6 Å². The molecule has 36 heavy (non-hydrogen) atoms. The number of hydrogen-bond acceptors (Lipinski definition) is 6. The average molecular weight is 498 g/mol. The number of para-hydroxylation sites is 1. The zero-order valence-electron chi connectivity index (χ0n) is 19.7. The molecule has 3 aromatic carbocycles. The zero-order valence-corrected chi connectivity index (χ0v) is 20.5. The summed E-state index contributed by atoms with van der Waals surface area (Å²) in [5.74, 6) is 0.697. The van der Waals surface area contributed by atoms with Gasteiger partial charge in [0.25, 0.3) is 11.8 Å². The number of hydrogen-bond donors (Lipinski definition) is 2. The molecule has 2 N–H and O–H groups in total. The first-order valence-corrected chi connectivity index (χ1v) is 12.2. The molecule has 10 heteroatoms. The number of aromatic nitrogens is 5. The fourth-order valence-corrected chi connectivity index (χ4v) is 4.65. The molecule has 0 aliphatic rings. The van der Waals surface area contributed by atoms with Gasteiger partial charge in [-0.2, -0.15) is 0 Å². The predicted octanol–water partition coefficient (Wildman–Crippen LogP) is 3.83. The molecule has 2 aromatic heterocycles. The maximum absolute atomic E-state index is 12.7. The SMILES string of the molecule is Cc1nc2cc(C(=O)NNC(=O)c3ccc(CSc4nncn4C)cc3)ccc2n1-c1ccccc1. The molecule has 5 aromatic rings. The summed E-state index contributed by atoms with van der Waals surface area (Å²) >= 11 is 1.56. The average Bonchev–Trinajstić information content (AvgIpc) is 3.47. The highest BCUT2D eigenvalue weighted by molar-refractivity contribution is 7.98. The van der Waals surface area contributed by atoms with E-state index in [-0.39, 0.29) is 0 Å². The number of rotatable bonds is 6. The largest absolute Gasteiger partial charge is 0.312 e. The molecule has 0 unspecified atom stereocenters. The van der Waals surface area contributed by atoms with Crippen LogP contribution in [-0.2, 0) is 12.8 Å². The van der Waals surface area contributed by atoms with Crippen LogP contribution < -0.4 is 10.9 Å². The van der Waals surface area contributed by atoms with Crippen molar-refractivity contribution < 1.29 is 9.59 Å². The molecule has 0 aliphatic carbocycles. The Kier molecular flexibility index (Phi) is 6.50. The molecular formula is C26H23N7O2S. The minimum atomic E-state index is -0.422. The van der Waals surface area contributed by atoms with Gasteiger partial charge in [-0.05, 0) is 55.0 Å². The van der Waals surface area contributed by atoms with Gasteiger partial charge >= 0.3 is 0 Å². The number of carbonyl (C=O) groups excluding carboxylic acids is 2. The number of carbonyl (C=O) groups is 2. The lowest BCUT2D eigenvalue weighted by Crippen LogP contribution is -2.41. The standard InChI is InChI=1S/C26H23N7O2S/c1-17-28-22-14-20(12-13-23(22)33(17)21-6-4-3-5-7-21)25(35)30-29-24(34)19-10-8-18(9-11-19)15-36-26-31-27-16-32(26)2/h3-14,16H,15H2,1-2H3,(H,29,34)(H,30,35). The van der Waals surface area contributed by atoms with E-state index in [0.29, 0.717) is 22.4 Å². The lowest BCUT2D eigenvalue weighted by Gasteiger charge is -2.09. The molecule has 5 rings (SSSR count). The van der Waals surface area contributed by atoms with Crippen molar-refractivity contribution in [3.05, 3.63) is 102 Å². The number of amides is 2. The van der Waals surface area contributed by atoms with Crippen LogP contribution in [0.4, 0.5) is 0 Å². The van der Waals surface area contributed by atoms with Gasteiger partial charge in [0, 0.05) is 29.6 Å². The van der Waals surface area contributed by atoms with Crippen molar-refractivity contribution in [1.82, 2.24) is 35.2 Å². The van der Waals surface area contributed by atoms with Crippen LogP contribution in [0.25, 0.3) is 16.7 Å². The van der Waals surface area contributed by atoms with Crippen LogP contribution in [0.3, 0.4) is 0 Å². The molecule has 0 spiro atoms. The number of benzene rings is 3. The highest BCUT2D eigenvalue weighted by atomic mass is 32.2. The second kappa shape index (κ2) is 10.0. The van der Waals surface area contributed by atoms with Crippen LogP contribution in [0, 0.1) is 6.92 Å². The number of hydrazine groups is 1. The van der Waals surface area contributed by atoms with Gasteiger partial charge in [0.2, 0.25) is 0 Å². The second-order valence-corrected chi connectivity index (χ2v) is 9.09. The molecule has 180 valence electrons. The lowest BCUT2D eigenvalue weighted by molar-refractivity contribution is 0.0847. The first-order valence-electron chi connectivity index (χ1n) is 11.2. The lowest BCUT2D eigenvalue weighted by atomic mass is 10.1. The number of thioether (sulfide) groups is 1. The third-order valence-corrected chi connectivity index (χ3v) is 6.75. The number of aryl methyl sites for hydroxylation is 2. The van der Waals surface area contributed by atoms with Gasteiger partial charge in [-0.1, -0.05) is 42.1 Å². The molecular weight excluding hydrogens is 474 g/mol. The highest BCUT2D eigenvalue weighted by Gasteiger charge is 2.14. The van der Waals surface area contributed by atoms with E-state index < -0.39 is 11.8 Å². The van der Waals surface area contributed by atoms with Crippen LogP contribution in [0.2, 0.25) is 0 Å². The summed E-state index contributed by atoms with van der Waals surface area (Å²) in [5, 5.41) is 8.72. The van der Waals surface area contributed by atoms with Crippen LogP contribution in [-0.4, -0.2) is 36.1 Å². The van der Waals surface area contributed by atoms with E-state index in [1.54, 1.807) is 42.4 Å². The van der Waals surface area contributed by atoms with Gasteiger partial charge in [-0.15, -0.1) is 10.2 Å². The minimum absolute atomic E-state index is 0.400.